The topological polar surface area (TPSA) is 62.5 Å². The summed E-state index contributed by atoms with van der Waals surface area (Å²) < 4.78 is 28.3. The van der Waals surface area contributed by atoms with E-state index < -0.39 is 6.17 Å². The summed E-state index contributed by atoms with van der Waals surface area (Å²) in [5.74, 6) is 0.156. The van der Waals surface area contributed by atoms with Crippen molar-refractivity contribution >= 4 is 17.4 Å². The number of benzene rings is 1. The molecule has 1 aromatic carbocycles. The van der Waals surface area contributed by atoms with Crippen LogP contribution in [0.15, 0.2) is 42.6 Å². The number of aromatic nitrogens is 3. The molecule has 1 aliphatic heterocycles. The monoisotopic (exact) mass is 397 g/mol. The first-order valence-electron chi connectivity index (χ1n) is 9.90. The molecule has 1 amide bonds. The number of nitrogens with zero attached hydrogens (tertiary/aromatic N) is 4. The molecule has 150 valence electrons. The molecule has 2 aromatic heterocycles. The molecular formula is C21H21F2N5O. The summed E-state index contributed by atoms with van der Waals surface area (Å²) >= 11 is 0. The summed E-state index contributed by atoms with van der Waals surface area (Å²) in [6.07, 6.45) is 3.24. The van der Waals surface area contributed by atoms with Gasteiger partial charge in [-0.3, -0.25) is 4.79 Å². The number of hydrogen-bond acceptors (Lipinski definition) is 4. The Bertz CT molecular complexity index is 1060. The van der Waals surface area contributed by atoms with E-state index in [1.54, 1.807) is 12.1 Å². The Balaban J connectivity index is 1.44. The van der Waals surface area contributed by atoms with Crippen molar-refractivity contribution in [3.8, 4) is 0 Å². The molecule has 8 heteroatoms. The summed E-state index contributed by atoms with van der Waals surface area (Å²) in [5, 5.41) is 7.49. The third kappa shape index (κ3) is 3.32. The van der Waals surface area contributed by atoms with Gasteiger partial charge in [0.2, 0.25) is 0 Å². The number of nitrogens with one attached hydrogen (secondary N) is 1. The van der Waals surface area contributed by atoms with E-state index in [0.29, 0.717) is 30.0 Å². The number of fused-ring (bicyclic) bond motifs is 1. The van der Waals surface area contributed by atoms with Crippen LogP contribution in [-0.4, -0.2) is 39.3 Å². The van der Waals surface area contributed by atoms with Gasteiger partial charge < -0.3 is 10.2 Å². The average Bonchev–Trinajstić information content (AvgIpc) is 3.33. The molecule has 5 rings (SSSR count). The van der Waals surface area contributed by atoms with Gasteiger partial charge in [-0.2, -0.15) is 0 Å². The van der Waals surface area contributed by atoms with E-state index in [-0.39, 0.29) is 23.8 Å². The Labute approximate surface area is 166 Å². The van der Waals surface area contributed by atoms with E-state index in [0.717, 1.165) is 24.9 Å². The third-order valence-corrected chi connectivity index (χ3v) is 5.78. The first-order valence-corrected chi connectivity index (χ1v) is 9.90. The molecule has 6 nitrogen and oxygen atoms in total. The third-order valence-electron chi connectivity index (χ3n) is 5.78. The minimum Gasteiger partial charge on any atom is -0.348 e. The second kappa shape index (κ2) is 7.09. The van der Waals surface area contributed by atoms with Crippen LogP contribution >= 0.6 is 0 Å². The molecule has 2 fully saturated rings. The van der Waals surface area contributed by atoms with Crippen LogP contribution in [0.1, 0.15) is 47.8 Å². The van der Waals surface area contributed by atoms with Crippen LogP contribution in [0.25, 0.3) is 5.65 Å². The Hall–Kier alpha value is -3.03. The van der Waals surface area contributed by atoms with Crippen molar-refractivity contribution in [3.63, 3.8) is 0 Å². The van der Waals surface area contributed by atoms with Crippen molar-refractivity contribution in [3.05, 3.63) is 59.7 Å². The predicted octanol–water partition coefficient (Wildman–Crippen LogP) is 3.44. The zero-order valence-electron chi connectivity index (χ0n) is 15.8. The van der Waals surface area contributed by atoms with Gasteiger partial charge in [-0.25, -0.2) is 18.3 Å². The van der Waals surface area contributed by atoms with Gasteiger partial charge in [0.1, 0.15) is 17.8 Å². The van der Waals surface area contributed by atoms with Crippen LogP contribution in [0.4, 0.5) is 14.6 Å². The fraction of sp³-hybridized carbons (Fsp3) is 0.381. The van der Waals surface area contributed by atoms with Crippen LogP contribution in [0.3, 0.4) is 0 Å². The maximum Gasteiger partial charge on any atom is 0.271 e. The maximum atomic E-state index is 13.7. The lowest BCUT2D eigenvalue weighted by molar-refractivity contribution is 0.0853. The van der Waals surface area contributed by atoms with Gasteiger partial charge in [-0.05, 0) is 55.5 Å². The van der Waals surface area contributed by atoms with Gasteiger partial charge in [0, 0.05) is 12.6 Å². The van der Waals surface area contributed by atoms with E-state index >= 15 is 0 Å². The highest BCUT2D eigenvalue weighted by Crippen LogP contribution is 2.35. The molecule has 2 aliphatic rings. The number of imidazole rings is 1. The highest BCUT2D eigenvalue weighted by molar-refractivity contribution is 5.93. The van der Waals surface area contributed by atoms with Crippen molar-refractivity contribution in [2.75, 3.05) is 11.4 Å². The molecular weight excluding hydrogens is 376 g/mol. The quantitative estimate of drug-likeness (QED) is 0.733. The standard InChI is InChI=1S/C21H21F2N5O/c22-14-4-1-3-13(9-14)17-5-2-8-27(17)20-7-6-19-24-12-18(28(19)26-20)21(29)25-16-10-15(23)11-16/h1,3-4,6-7,9,12,15-17H,2,5,8,10-11H2,(H,25,29). The van der Waals surface area contributed by atoms with E-state index in [9.17, 15) is 13.6 Å². The van der Waals surface area contributed by atoms with E-state index in [1.165, 1.54) is 16.8 Å². The highest BCUT2D eigenvalue weighted by atomic mass is 19.1. The van der Waals surface area contributed by atoms with E-state index in [4.69, 9.17) is 0 Å². The lowest BCUT2D eigenvalue weighted by atomic mass is 9.91. The molecule has 1 aliphatic carbocycles. The van der Waals surface area contributed by atoms with Crippen molar-refractivity contribution < 1.29 is 13.6 Å². The first-order chi connectivity index (χ1) is 14.1. The van der Waals surface area contributed by atoms with Crippen LogP contribution in [0, 0.1) is 5.82 Å². The zero-order chi connectivity index (χ0) is 20.0. The molecule has 0 radical (unpaired) electrons. The van der Waals surface area contributed by atoms with Gasteiger partial charge in [0.05, 0.1) is 12.2 Å². The number of halogens is 2. The molecule has 3 aromatic rings. The van der Waals surface area contributed by atoms with Crippen LogP contribution in [0.5, 0.6) is 0 Å². The van der Waals surface area contributed by atoms with Crippen molar-refractivity contribution in [2.45, 2.75) is 43.9 Å². The van der Waals surface area contributed by atoms with Crippen molar-refractivity contribution in [1.29, 1.82) is 0 Å². The van der Waals surface area contributed by atoms with E-state index in [1.807, 2.05) is 18.2 Å². The summed E-state index contributed by atoms with van der Waals surface area (Å²) in [4.78, 5) is 19.0. The number of carbonyl (C=O) groups excluding carboxylic acids is 1. The summed E-state index contributed by atoms with van der Waals surface area (Å²) in [6.45, 7) is 0.801. The SMILES string of the molecule is O=C(NC1CC(F)C1)c1cnc2ccc(N3CCCC3c3cccc(F)c3)nn12. The normalized spacial score (nSPS) is 23.9. The summed E-state index contributed by atoms with van der Waals surface area (Å²) in [5.41, 5.74) is 1.81. The number of carbonyl (C=O) groups is 1. The van der Waals surface area contributed by atoms with Crippen molar-refractivity contribution in [2.24, 2.45) is 0 Å². The lowest BCUT2D eigenvalue weighted by Crippen LogP contribution is -2.45. The maximum absolute atomic E-state index is 13.7. The molecule has 0 bridgehead atoms. The number of anilines is 1. The number of hydrogen-bond donors (Lipinski definition) is 1. The average molecular weight is 397 g/mol. The Morgan fingerprint density at radius 3 is 2.86 bits per heavy atom. The highest BCUT2D eigenvalue weighted by Gasteiger charge is 2.31. The predicted molar refractivity (Wildman–Crippen MR) is 104 cm³/mol. The molecule has 0 spiro atoms. The fourth-order valence-corrected chi connectivity index (χ4v) is 4.20. The minimum atomic E-state index is -0.831. The number of alkyl halides is 1. The molecule has 3 heterocycles. The lowest BCUT2D eigenvalue weighted by Gasteiger charge is -2.30. The molecule has 1 N–H and O–H groups in total. The number of rotatable bonds is 4. The van der Waals surface area contributed by atoms with Gasteiger partial charge >= 0.3 is 0 Å². The van der Waals surface area contributed by atoms with E-state index in [2.05, 4.69) is 20.3 Å². The largest absolute Gasteiger partial charge is 0.348 e. The zero-order valence-corrected chi connectivity index (χ0v) is 15.8. The molecule has 1 saturated carbocycles. The summed E-state index contributed by atoms with van der Waals surface area (Å²) in [6, 6.07) is 10.2. The molecule has 1 saturated heterocycles. The van der Waals surface area contributed by atoms with Gasteiger partial charge in [-0.15, -0.1) is 5.10 Å². The second-order valence-corrected chi connectivity index (χ2v) is 7.75. The molecule has 1 atom stereocenters. The van der Waals surface area contributed by atoms with Crippen molar-refractivity contribution in [1.82, 2.24) is 19.9 Å². The van der Waals surface area contributed by atoms with Crippen LogP contribution < -0.4 is 10.2 Å². The molecule has 29 heavy (non-hydrogen) atoms. The minimum absolute atomic E-state index is 0.0351. The summed E-state index contributed by atoms with van der Waals surface area (Å²) in [7, 11) is 0. The Morgan fingerprint density at radius 2 is 2.07 bits per heavy atom. The smallest absolute Gasteiger partial charge is 0.271 e. The Morgan fingerprint density at radius 1 is 1.21 bits per heavy atom. The van der Waals surface area contributed by atoms with Gasteiger partial charge in [-0.1, -0.05) is 12.1 Å². The fourth-order valence-electron chi connectivity index (χ4n) is 4.20. The Kier molecular flexibility index (Phi) is 4.41. The van der Waals surface area contributed by atoms with Gasteiger partial charge in [0.15, 0.2) is 11.3 Å². The second-order valence-electron chi connectivity index (χ2n) is 7.75. The number of amides is 1. The molecule has 1 unspecified atom stereocenters. The van der Waals surface area contributed by atoms with Crippen LogP contribution in [0.2, 0.25) is 0 Å². The first kappa shape index (κ1) is 18.0. The van der Waals surface area contributed by atoms with Gasteiger partial charge in [0.25, 0.3) is 5.91 Å². The van der Waals surface area contributed by atoms with Crippen LogP contribution in [-0.2, 0) is 0 Å².